The van der Waals surface area contributed by atoms with Crippen LogP contribution in [0.15, 0.2) is 30.3 Å². The number of carbonyl (C=O) groups excluding carboxylic acids is 2. The smallest absolute Gasteiger partial charge is 0.312 e. The van der Waals surface area contributed by atoms with Gasteiger partial charge >= 0.3 is 6.03 Å². The average molecular weight is 321 g/mol. The molecular formula is C16H23N3O2S. The van der Waals surface area contributed by atoms with Gasteiger partial charge in [0, 0.05) is 12.0 Å². The van der Waals surface area contributed by atoms with Crippen LogP contribution in [-0.4, -0.2) is 36.5 Å². The number of benzene rings is 1. The van der Waals surface area contributed by atoms with E-state index in [1.807, 2.05) is 24.5 Å². The molecule has 1 fully saturated rings. The Morgan fingerprint density at radius 2 is 2.00 bits per heavy atom. The molecule has 1 aromatic carbocycles. The highest BCUT2D eigenvalue weighted by atomic mass is 32.2. The van der Waals surface area contributed by atoms with E-state index < -0.39 is 12.1 Å². The molecule has 2 rings (SSSR count). The van der Waals surface area contributed by atoms with Crippen LogP contribution >= 0.6 is 11.8 Å². The summed E-state index contributed by atoms with van der Waals surface area (Å²) >= 11 is 1.64. The second-order valence-electron chi connectivity index (χ2n) is 5.71. The van der Waals surface area contributed by atoms with Crippen LogP contribution in [0.25, 0.3) is 0 Å². The van der Waals surface area contributed by atoms with Gasteiger partial charge in [-0.3, -0.25) is 4.79 Å². The molecule has 1 unspecified atom stereocenters. The number of nitrogens with two attached hydrogens (primary N) is 1. The molecule has 0 radical (unpaired) electrons. The lowest BCUT2D eigenvalue weighted by atomic mass is 9.96. The van der Waals surface area contributed by atoms with E-state index in [0.717, 1.165) is 18.6 Å². The largest absolute Gasteiger partial charge is 0.353 e. The van der Waals surface area contributed by atoms with Gasteiger partial charge in [0.05, 0.1) is 0 Å². The Kier molecular flexibility index (Phi) is 5.71. The zero-order valence-electron chi connectivity index (χ0n) is 12.8. The van der Waals surface area contributed by atoms with Crippen molar-refractivity contribution >= 4 is 23.7 Å². The zero-order chi connectivity index (χ0) is 16.0. The predicted octanol–water partition coefficient (Wildman–Crippen LogP) is 1.62. The van der Waals surface area contributed by atoms with Crippen LogP contribution < -0.4 is 16.4 Å². The van der Waals surface area contributed by atoms with Gasteiger partial charge in [0.1, 0.15) is 6.04 Å². The molecule has 5 nitrogen and oxygen atoms in total. The molecule has 0 heterocycles. The average Bonchev–Trinajstić information content (AvgIpc) is 3.31. The molecule has 1 aromatic rings. The Bertz CT molecular complexity index is 517. The second-order valence-corrected chi connectivity index (χ2v) is 6.69. The van der Waals surface area contributed by atoms with E-state index in [-0.39, 0.29) is 11.3 Å². The third-order valence-corrected chi connectivity index (χ3v) is 4.73. The lowest BCUT2D eigenvalue weighted by molar-refractivity contribution is -0.123. The molecule has 1 atom stereocenters. The van der Waals surface area contributed by atoms with Crippen LogP contribution in [-0.2, 0) is 10.2 Å². The van der Waals surface area contributed by atoms with Gasteiger partial charge < -0.3 is 16.4 Å². The minimum Gasteiger partial charge on any atom is -0.353 e. The van der Waals surface area contributed by atoms with Crippen molar-refractivity contribution in [1.29, 1.82) is 0 Å². The summed E-state index contributed by atoms with van der Waals surface area (Å²) in [6.45, 7) is 0.603. The van der Waals surface area contributed by atoms with Gasteiger partial charge in [0.2, 0.25) is 5.91 Å². The normalized spacial score (nSPS) is 16.6. The van der Waals surface area contributed by atoms with Gasteiger partial charge in [0.15, 0.2) is 0 Å². The van der Waals surface area contributed by atoms with Crippen molar-refractivity contribution in [3.8, 4) is 0 Å². The third-order valence-electron chi connectivity index (χ3n) is 4.08. The Morgan fingerprint density at radius 1 is 1.32 bits per heavy atom. The van der Waals surface area contributed by atoms with Crippen molar-refractivity contribution in [3.63, 3.8) is 0 Å². The monoisotopic (exact) mass is 321 g/mol. The van der Waals surface area contributed by atoms with Gasteiger partial charge in [0.25, 0.3) is 0 Å². The summed E-state index contributed by atoms with van der Waals surface area (Å²) in [5, 5.41) is 5.50. The van der Waals surface area contributed by atoms with Gasteiger partial charge in [-0.05, 0) is 36.8 Å². The number of amides is 3. The SMILES string of the molecule is CSCCC(NC(N)=O)C(=O)NCC1(c2ccccc2)CC1. The third kappa shape index (κ3) is 4.40. The fourth-order valence-electron chi connectivity index (χ4n) is 2.57. The summed E-state index contributed by atoms with van der Waals surface area (Å²) in [5.41, 5.74) is 6.48. The van der Waals surface area contributed by atoms with E-state index in [4.69, 9.17) is 5.73 Å². The zero-order valence-corrected chi connectivity index (χ0v) is 13.6. The van der Waals surface area contributed by atoms with Crippen molar-refractivity contribution in [3.05, 3.63) is 35.9 Å². The quantitative estimate of drug-likeness (QED) is 0.680. The maximum Gasteiger partial charge on any atom is 0.312 e. The Hall–Kier alpha value is -1.69. The minimum atomic E-state index is -0.662. The van der Waals surface area contributed by atoms with E-state index in [2.05, 4.69) is 22.8 Å². The van der Waals surface area contributed by atoms with Crippen molar-refractivity contribution in [2.75, 3.05) is 18.6 Å². The van der Waals surface area contributed by atoms with Crippen molar-refractivity contribution in [2.45, 2.75) is 30.7 Å². The fraction of sp³-hybridized carbons (Fsp3) is 0.500. The summed E-state index contributed by atoms with van der Waals surface area (Å²) in [5.74, 6) is 0.636. The second kappa shape index (κ2) is 7.54. The number of rotatable bonds is 8. The molecule has 120 valence electrons. The molecule has 1 aliphatic rings. The number of hydrogen-bond acceptors (Lipinski definition) is 3. The fourth-order valence-corrected chi connectivity index (χ4v) is 3.04. The minimum absolute atomic E-state index is 0.0632. The van der Waals surface area contributed by atoms with Crippen molar-refractivity contribution in [2.24, 2.45) is 5.73 Å². The van der Waals surface area contributed by atoms with Crippen LogP contribution in [0.2, 0.25) is 0 Å². The maximum atomic E-state index is 12.3. The summed E-state index contributed by atoms with van der Waals surface area (Å²) < 4.78 is 0. The molecule has 0 bridgehead atoms. The van der Waals surface area contributed by atoms with Gasteiger partial charge in [-0.2, -0.15) is 11.8 Å². The van der Waals surface area contributed by atoms with Crippen LogP contribution in [0.1, 0.15) is 24.8 Å². The Balaban J connectivity index is 1.91. The molecule has 4 N–H and O–H groups in total. The van der Waals surface area contributed by atoms with E-state index >= 15 is 0 Å². The molecule has 0 spiro atoms. The van der Waals surface area contributed by atoms with Gasteiger partial charge in [-0.1, -0.05) is 30.3 Å². The summed E-state index contributed by atoms with van der Waals surface area (Å²) in [6.07, 6.45) is 4.70. The molecule has 0 aliphatic heterocycles. The Labute approximate surface area is 135 Å². The topological polar surface area (TPSA) is 84.2 Å². The van der Waals surface area contributed by atoms with Crippen molar-refractivity contribution in [1.82, 2.24) is 10.6 Å². The van der Waals surface area contributed by atoms with E-state index in [1.165, 1.54) is 5.56 Å². The van der Waals surface area contributed by atoms with Crippen LogP contribution in [0.5, 0.6) is 0 Å². The maximum absolute atomic E-state index is 12.3. The number of hydrogen-bond donors (Lipinski definition) is 3. The van der Waals surface area contributed by atoms with E-state index in [1.54, 1.807) is 11.8 Å². The number of thioether (sulfide) groups is 1. The highest BCUT2D eigenvalue weighted by Gasteiger charge is 2.44. The number of primary amides is 1. The lowest BCUT2D eigenvalue weighted by Crippen LogP contribution is -2.50. The summed E-state index contributed by atoms with van der Waals surface area (Å²) in [7, 11) is 0. The number of carbonyl (C=O) groups is 2. The van der Waals surface area contributed by atoms with Crippen LogP contribution in [0.3, 0.4) is 0 Å². The first-order valence-corrected chi connectivity index (χ1v) is 8.85. The highest BCUT2D eigenvalue weighted by molar-refractivity contribution is 7.98. The van der Waals surface area contributed by atoms with E-state index in [0.29, 0.717) is 13.0 Å². The number of nitrogens with one attached hydrogen (secondary N) is 2. The summed E-state index contributed by atoms with van der Waals surface area (Å²) in [4.78, 5) is 23.3. The Morgan fingerprint density at radius 3 is 2.55 bits per heavy atom. The molecule has 3 amide bonds. The first-order valence-electron chi connectivity index (χ1n) is 7.45. The summed E-state index contributed by atoms with van der Waals surface area (Å²) in [6, 6.07) is 9.02. The highest BCUT2D eigenvalue weighted by Crippen LogP contribution is 2.47. The first-order chi connectivity index (χ1) is 10.6. The molecular weight excluding hydrogens is 298 g/mol. The molecule has 0 saturated heterocycles. The van der Waals surface area contributed by atoms with Crippen LogP contribution in [0.4, 0.5) is 4.79 Å². The molecule has 1 aliphatic carbocycles. The standard InChI is InChI=1S/C16H23N3O2S/c1-22-10-7-13(19-15(17)21)14(20)18-11-16(8-9-16)12-5-3-2-4-6-12/h2-6,13H,7-11H2,1H3,(H,18,20)(H3,17,19,21). The van der Waals surface area contributed by atoms with Gasteiger partial charge in [-0.15, -0.1) is 0 Å². The molecule has 0 aromatic heterocycles. The van der Waals surface area contributed by atoms with Crippen LogP contribution in [0, 0.1) is 0 Å². The molecule has 6 heteroatoms. The number of urea groups is 1. The van der Waals surface area contributed by atoms with Crippen molar-refractivity contribution < 1.29 is 9.59 Å². The molecule has 22 heavy (non-hydrogen) atoms. The first kappa shape index (κ1) is 16.7. The lowest BCUT2D eigenvalue weighted by Gasteiger charge is -2.20. The molecule has 1 saturated carbocycles. The van der Waals surface area contributed by atoms with Gasteiger partial charge in [-0.25, -0.2) is 4.79 Å². The predicted molar refractivity (Wildman–Crippen MR) is 89.9 cm³/mol. The van der Waals surface area contributed by atoms with E-state index in [9.17, 15) is 9.59 Å².